The Morgan fingerprint density at radius 1 is 1.19 bits per heavy atom. The Morgan fingerprint density at radius 2 is 1.98 bits per heavy atom. The lowest BCUT2D eigenvalue weighted by atomic mass is 9.96. The van der Waals surface area contributed by atoms with Crippen molar-refractivity contribution < 1.29 is 29.0 Å². The molecule has 0 spiro atoms. The second-order valence-corrected chi connectivity index (χ2v) is 11.1. The number of halogens is 2. The average molecular weight is 627 g/mol. The molecule has 4 N–H and O–H groups in total. The van der Waals surface area contributed by atoms with Crippen LogP contribution in [0.1, 0.15) is 44.9 Å². The number of aliphatic carboxylic acids is 1. The van der Waals surface area contributed by atoms with Crippen LogP contribution in [0, 0.1) is 11.5 Å². The van der Waals surface area contributed by atoms with Gasteiger partial charge >= 0.3 is 5.97 Å². The molecule has 0 radical (unpaired) electrons. The molecule has 3 aromatic rings. The number of nitrogens with zero attached hydrogens (tertiary/aromatic N) is 4. The molecule has 1 fully saturated rings. The first-order chi connectivity index (χ1) is 20.7. The molecule has 2 aromatic carbocycles. The maximum absolute atomic E-state index is 13.3. The summed E-state index contributed by atoms with van der Waals surface area (Å²) in [6.07, 6.45) is 2.70. The lowest BCUT2D eigenvalue weighted by Gasteiger charge is -2.32. The van der Waals surface area contributed by atoms with Crippen LogP contribution in [-0.4, -0.2) is 82.1 Å². The van der Waals surface area contributed by atoms with Crippen LogP contribution in [0.25, 0.3) is 11.0 Å². The van der Waals surface area contributed by atoms with Gasteiger partial charge < -0.3 is 35.1 Å². The molecule has 3 heterocycles. The Morgan fingerprint density at radius 3 is 2.70 bits per heavy atom. The molecule has 2 atom stereocenters. The SMILES string of the molecule is N#C/N=C(/NC[C@H](NC(=O)c1c(Cl)cc2c(c1Cl)CCN(C(=O)c1cc3ccccc3o1)C2)C(=O)O)N1CCC[C@@H](O)C1. The lowest BCUT2D eigenvalue weighted by molar-refractivity contribution is -0.139. The van der Waals surface area contributed by atoms with Crippen molar-refractivity contribution in [1.29, 1.82) is 5.26 Å². The number of amides is 2. The number of rotatable bonds is 6. The van der Waals surface area contributed by atoms with Gasteiger partial charge in [0.15, 0.2) is 5.76 Å². The molecule has 5 rings (SSSR count). The molecule has 2 aliphatic heterocycles. The van der Waals surface area contributed by atoms with E-state index in [9.17, 15) is 24.6 Å². The zero-order valence-electron chi connectivity index (χ0n) is 22.8. The number of carbonyl (C=O) groups is 3. The Labute approximate surface area is 256 Å². The standard InChI is InChI=1S/C29H28Cl2N6O6/c30-20-10-17-13-36(27(40)23-11-16-4-1-2-6-22(16)43-23)9-7-19(17)25(31)24(20)26(39)35-21(28(41)42)12-33-29(34-15-32)37-8-3-5-18(38)14-37/h1-2,4,6,10-11,18,21,38H,3,5,7-9,12-14H2,(H,33,34)(H,35,39)(H,41,42)/t18-,21+/m1/s1. The molecule has 1 aromatic heterocycles. The van der Waals surface area contributed by atoms with Gasteiger partial charge in [-0.3, -0.25) is 9.59 Å². The number of aliphatic hydroxyl groups is 1. The number of guanidine groups is 1. The van der Waals surface area contributed by atoms with Crippen molar-refractivity contribution in [3.63, 3.8) is 0 Å². The number of nitriles is 1. The number of para-hydroxylation sites is 1. The summed E-state index contributed by atoms with van der Waals surface area (Å²) in [5.74, 6) is -2.09. The highest BCUT2D eigenvalue weighted by Gasteiger charge is 2.31. The number of aliphatic hydroxyl groups excluding tert-OH is 1. The van der Waals surface area contributed by atoms with Gasteiger partial charge in [-0.25, -0.2) is 4.79 Å². The molecule has 0 aliphatic carbocycles. The van der Waals surface area contributed by atoms with E-state index >= 15 is 0 Å². The number of aliphatic imine (C=N–C) groups is 1. The van der Waals surface area contributed by atoms with E-state index in [1.807, 2.05) is 18.2 Å². The molecule has 12 nitrogen and oxygen atoms in total. The highest BCUT2D eigenvalue weighted by atomic mass is 35.5. The van der Waals surface area contributed by atoms with Gasteiger partial charge in [0.25, 0.3) is 11.8 Å². The molecule has 1 saturated heterocycles. The largest absolute Gasteiger partial charge is 0.480 e. The van der Waals surface area contributed by atoms with E-state index in [2.05, 4.69) is 15.6 Å². The fourth-order valence-corrected chi connectivity index (χ4v) is 6.08. The molecular formula is C29H28Cl2N6O6. The number of carbonyl (C=O) groups excluding carboxylic acids is 2. The Balaban J connectivity index is 1.28. The van der Waals surface area contributed by atoms with Gasteiger partial charge in [-0.05, 0) is 48.6 Å². The molecular weight excluding hydrogens is 599 g/mol. The number of carboxylic acid groups (broad SMARTS) is 1. The van der Waals surface area contributed by atoms with Crippen LogP contribution in [0.4, 0.5) is 0 Å². The Bertz CT molecular complexity index is 1620. The molecule has 0 saturated carbocycles. The van der Waals surface area contributed by atoms with Crippen LogP contribution >= 0.6 is 23.2 Å². The maximum atomic E-state index is 13.3. The molecule has 43 heavy (non-hydrogen) atoms. The molecule has 2 amide bonds. The summed E-state index contributed by atoms with van der Waals surface area (Å²) >= 11 is 13.1. The minimum absolute atomic E-state index is 0.00502. The van der Waals surface area contributed by atoms with E-state index in [0.29, 0.717) is 49.1 Å². The molecule has 0 unspecified atom stereocenters. The maximum Gasteiger partial charge on any atom is 0.328 e. The summed E-state index contributed by atoms with van der Waals surface area (Å²) in [7, 11) is 0. The van der Waals surface area contributed by atoms with Crippen LogP contribution in [0.5, 0.6) is 0 Å². The van der Waals surface area contributed by atoms with Crippen molar-refractivity contribution in [3.05, 3.63) is 68.9 Å². The monoisotopic (exact) mass is 626 g/mol. The number of carboxylic acids is 1. The predicted octanol–water partition coefficient (Wildman–Crippen LogP) is 3.00. The number of hydrogen-bond donors (Lipinski definition) is 4. The summed E-state index contributed by atoms with van der Waals surface area (Å²) in [5.41, 5.74) is 1.84. The van der Waals surface area contributed by atoms with Crippen molar-refractivity contribution >= 4 is 57.9 Å². The van der Waals surface area contributed by atoms with Gasteiger partial charge in [-0.2, -0.15) is 5.26 Å². The molecule has 2 aliphatic rings. The number of fused-ring (bicyclic) bond motifs is 2. The Kier molecular flexibility index (Phi) is 9.05. The second-order valence-electron chi connectivity index (χ2n) is 10.3. The van der Waals surface area contributed by atoms with E-state index in [1.54, 1.807) is 34.2 Å². The number of piperidine rings is 1. The zero-order valence-corrected chi connectivity index (χ0v) is 24.4. The second kappa shape index (κ2) is 12.9. The van der Waals surface area contributed by atoms with Gasteiger partial charge in [-0.15, -0.1) is 4.99 Å². The van der Waals surface area contributed by atoms with Crippen LogP contribution in [0.2, 0.25) is 10.0 Å². The molecule has 0 bridgehead atoms. The topological polar surface area (TPSA) is 172 Å². The Hall–Kier alpha value is -4.31. The first kappa shape index (κ1) is 30.2. The summed E-state index contributed by atoms with van der Waals surface area (Å²) in [6, 6.07) is 9.16. The van der Waals surface area contributed by atoms with E-state index < -0.39 is 24.0 Å². The van der Waals surface area contributed by atoms with Crippen molar-refractivity contribution in [3.8, 4) is 6.19 Å². The minimum atomic E-state index is -1.42. The van der Waals surface area contributed by atoms with Gasteiger partial charge in [0, 0.05) is 38.1 Å². The van der Waals surface area contributed by atoms with E-state index in [4.69, 9.17) is 32.9 Å². The van der Waals surface area contributed by atoms with Crippen LogP contribution < -0.4 is 10.6 Å². The average Bonchev–Trinajstić information content (AvgIpc) is 3.42. The number of β-amino-alcohol motifs (C(OH)–C–C–N with tert-alkyl or cyclic N) is 1. The smallest absolute Gasteiger partial charge is 0.328 e. The number of furan rings is 1. The summed E-state index contributed by atoms with van der Waals surface area (Å²) in [5, 5.41) is 35.0. The quantitative estimate of drug-likeness (QED) is 0.182. The van der Waals surface area contributed by atoms with Crippen molar-refractivity contribution in [1.82, 2.24) is 20.4 Å². The molecule has 14 heteroatoms. The highest BCUT2D eigenvalue weighted by Crippen LogP contribution is 2.35. The fourth-order valence-electron chi connectivity index (χ4n) is 5.32. The van der Waals surface area contributed by atoms with Crippen LogP contribution in [0.3, 0.4) is 0 Å². The highest BCUT2D eigenvalue weighted by molar-refractivity contribution is 6.40. The predicted molar refractivity (Wildman–Crippen MR) is 158 cm³/mol. The summed E-state index contributed by atoms with van der Waals surface area (Å²) in [4.78, 5) is 45.4. The number of hydrogen-bond acceptors (Lipinski definition) is 7. The van der Waals surface area contributed by atoms with Gasteiger partial charge in [0.1, 0.15) is 11.6 Å². The first-order valence-electron chi connectivity index (χ1n) is 13.6. The van der Waals surface area contributed by atoms with Crippen LogP contribution in [0.15, 0.2) is 45.8 Å². The van der Waals surface area contributed by atoms with Gasteiger partial charge in [0.05, 0.1) is 21.7 Å². The zero-order chi connectivity index (χ0) is 30.7. The normalized spacial score (nSPS) is 17.6. The van der Waals surface area contributed by atoms with Crippen molar-refractivity contribution in [2.45, 2.75) is 38.0 Å². The number of nitrogens with one attached hydrogen (secondary N) is 2. The van der Waals surface area contributed by atoms with E-state index in [1.165, 1.54) is 0 Å². The summed E-state index contributed by atoms with van der Waals surface area (Å²) < 4.78 is 5.73. The number of benzene rings is 2. The fraction of sp³-hybridized carbons (Fsp3) is 0.345. The van der Waals surface area contributed by atoms with Crippen molar-refractivity contribution in [2.75, 3.05) is 26.2 Å². The van der Waals surface area contributed by atoms with E-state index in [0.717, 1.165) is 5.39 Å². The van der Waals surface area contributed by atoms with E-state index in [-0.39, 0.29) is 52.9 Å². The van der Waals surface area contributed by atoms with Gasteiger partial charge in [0.2, 0.25) is 12.2 Å². The first-order valence-corrected chi connectivity index (χ1v) is 14.4. The number of likely N-dealkylation sites (tertiary alicyclic amines) is 1. The third-order valence-electron chi connectivity index (χ3n) is 7.48. The minimum Gasteiger partial charge on any atom is -0.480 e. The third kappa shape index (κ3) is 6.54. The lowest BCUT2D eigenvalue weighted by Crippen LogP contribution is -2.53. The van der Waals surface area contributed by atoms with Gasteiger partial charge in [-0.1, -0.05) is 41.4 Å². The summed E-state index contributed by atoms with van der Waals surface area (Å²) in [6.45, 7) is 0.975. The van der Waals surface area contributed by atoms with Crippen LogP contribution in [-0.2, 0) is 17.8 Å². The molecule has 224 valence electrons. The van der Waals surface area contributed by atoms with Crippen molar-refractivity contribution in [2.24, 2.45) is 4.99 Å². The third-order valence-corrected chi connectivity index (χ3v) is 8.19.